The van der Waals surface area contributed by atoms with Crippen molar-refractivity contribution in [3.05, 3.63) is 12.4 Å². The number of nitrogens with zero attached hydrogens (tertiary/aromatic N) is 2. The van der Waals surface area contributed by atoms with Gasteiger partial charge in [-0.1, -0.05) is 0 Å². The predicted molar refractivity (Wildman–Crippen MR) is 78.2 cm³/mol. The Bertz CT molecular complexity index is 409. The summed E-state index contributed by atoms with van der Waals surface area (Å²) >= 11 is 0. The molecular formula is C14H22N4O4. The number of hydrogen-bond donors (Lipinski definition) is 2. The molecule has 2 fully saturated rings. The van der Waals surface area contributed by atoms with Gasteiger partial charge in [0.15, 0.2) is 0 Å². The summed E-state index contributed by atoms with van der Waals surface area (Å²) in [4.78, 5) is 8.37. The lowest BCUT2D eigenvalue weighted by molar-refractivity contribution is -0.00739. The number of hydrogen-bond acceptors (Lipinski definition) is 8. The molecule has 2 saturated heterocycles. The second kappa shape index (κ2) is 8.23. The first-order chi connectivity index (χ1) is 10.9. The van der Waals surface area contributed by atoms with Gasteiger partial charge in [0.1, 0.15) is 25.4 Å². The van der Waals surface area contributed by atoms with E-state index in [0.29, 0.717) is 38.2 Å². The van der Waals surface area contributed by atoms with Crippen LogP contribution in [0.15, 0.2) is 12.4 Å². The van der Waals surface area contributed by atoms with Gasteiger partial charge in [0.2, 0.25) is 0 Å². The molecule has 122 valence electrons. The predicted octanol–water partition coefficient (Wildman–Crippen LogP) is -0.789. The van der Waals surface area contributed by atoms with Gasteiger partial charge in [-0.3, -0.25) is 0 Å². The summed E-state index contributed by atoms with van der Waals surface area (Å²) in [6, 6.07) is 0. The first kappa shape index (κ1) is 15.4. The molecule has 8 heteroatoms. The molecule has 0 aromatic carbocycles. The summed E-state index contributed by atoms with van der Waals surface area (Å²) in [5.41, 5.74) is 0. The largest absolute Gasteiger partial charge is 0.471 e. The average Bonchev–Trinajstić information content (AvgIpc) is 2.61. The average molecular weight is 310 g/mol. The Morgan fingerprint density at radius 3 is 1.82 bits per heavy atom. The molecule has 0 amide bonds. The molecule has 0 saturated carbocycles. The molecule has 1 aromatic heterocycles. The number of rotatable bonds is 6. The fraction of sp³-hybridized carbons (Fsp3) is 0.714. The van der Waals surface area contributed by atoms with Crippen molar-refractivity contribution < 1.29 is 18.9 Å². The van der Waals surface area contributed by atoms with E-state index < -0.39 is 0 Å². The maximum Gasteiger partial charge on any atom is 0.278 e. The molecular weight excluding hydrogens is 288 g/mol. The second-order valence-corrected chi connectivity index (χ2v) is 5.18. The van der Waals surface area contributed by atoms with E-state index in [-0.39, 0.29) is 12.2 Å². The van der Waals surface area contributed by atoms with Crippen molar-refractivity contribution in [2.45, 2.75) is 12.2 Å². The third kappa shape index (κ3) is 4.51. The van der Waals surface area contributed by atoms with Crippen LogP contribution in [0.1, 0.15) is 0 Å². The molecule has 2 N–H and O–H groups in total. The Morgan fingerprint density at radius 2 is 1.41 bits per heavy atom. The molecule has 8 nitrogen and oxygen atoms in total. The first-order valence-corrected chi connectivity index (χ1v) is 7.63. The van der Waals surface area contributed by atoms with Crippen molar-refractivity contribution in [3.63, 3.8) is 0 Å². The van der Waals surface area contributed by atoms with Crippen molar-refractivity contribution in [3.8, 4) is 11.8 Å². The lowest BCUT2D eigenvalue weighted by Gasteiger charge is -2.24. The van der Waals surface area contributed by atoms with E-state index in [1.54, 1.807) is 12.4 Å². The number of morpholine rings is 2. The first-order valence-electron chi connectivity index (χ1n) is 7.63. The summed E-state index contributed by atoms with van der Waals surface area (Å²) in [7, 11) is 0. The molecule has 0 radical (unpaired) electrons. The van der Waals surface area contributed by atoms with Gasteiger partial charge < -0.3 is 29.6 Å². The minimum Gasteiger partial charge on any atom is -0.471 e. The molecule has 0 bridgehead atoms. The van der Waals surface area contributed by atoms with Gasteiger partial charge in [-0.15, -0.1) is 0 Å². The lowest BCUT2D eigenvalue weighted by atomic mass is 10.3. The highest BCUT2D eigenvalue weighted by molar-refractivity contribution is 5.24. The normalized spacial score (nSPS) is 25.6. The smallest absolute Gasteiger partial charge is 0.278 e. The Morgan fingerprint density at radius 1 is 0.909 bits per heavy atom. The van der Waals surface area contributed by atoms with E-state index >= 15 is 0 Å². The van der Waals surface area contributed by atoms with Gasteiger partial charge in [0.25, 0.3) is 11.8 Å². The summed E-state index contributed by atoms with van der Waals surface area (Å²) in [6.45, 7) is 5.55. The molecule has 3 rings (SSSR count). The fourth-order valence-corrected chi connectivity index (χ4v) is 2.31. The molecule has 2 aliphatic rings. The van der Waals surface area contributed by atoms with Crippen LogP contribution in [0.4, 0.5) is 0 Å². The van der Waals surface area contributed by atoms with Crippen molar-refractivity contribution in [2.75, 3.05) is 52.6 Å². The minimum absolute atomic E-state index is 0.0227. The number of ether oxygens (including phenoxy) is 4. The SMILES string of the molecule is c1cnc(OCC2CNCCO2)c(OCC2CNCCO2)n1. The van der Waals surface area contributed by atoms with Crippen LogP contribution in [0.3, 0.4) is 0 Å². The quantitative estimate of drug-likeness (QED) is 0.707. The third-order valence-electron chi connectivity index (χ3n) is 3.45. The Labute approximate surface area is 129 Å². The van der Waals surface area contributed by atoms with Gasteiger partial charge >= 0.3 is 0 Å². The Hall–Kier alpha value is -1.48. The summed E-state index contributed by atoms with van der Waals surface area (Å²) in [5, 5.41) is 6.52. The summed E-state index contributed by atoms with van der Waals surface area (Å²) in [6.07, 6.45) is 3.21. The lowest BCUT2D eigenvalue weighted by Crippen LogP contribution is -2.42. The molecule has 22 heavy (non-hydrogen) atoms. The number of nitrogens with one attached hydrogen (secondary N) is 2. The second-order valence-electron chi connectivity index (χ2n) is 5.18. The molecule has 1 aromatic rings. The van der Waals surface area contributed by atoms with Gasteiger partial charge in [-0.2, -0.15) is 0 Å². The van der Waals surface area contributed by atoms with E-state index in [9.17, 15) is 0 Å². The maximum atomic E-state index is 5.70. The zero-order valence-corrected chi connectivity index (χ0v) is 12.5. The summed E-state index contributed by atoms with van der Waals surface area (Å²) in [5.74, 6) is 0.779. The van der Waals surface area contributed by atoms with Crippen molar-refractivity contribution in [2.24, 2.45) is 0 Å². The maximum absolute atomic E-state index is 5.70. The minimum atomic E-state index is 0.0227. The van der Waals surface area contributed by atoms with Crippen LogP contribution in [0, 0.1) is 0 Å². The van der Waals surface area contributed by atoms with Crippen LogP contribution in [0.5, 0.6) is 11.8 Å². The topological polar surface area (TPSA) is 86.8 Å². The molecule has 0 aliphatic carbocycles. The Balaban J connectivity index is 1.50. The highest BCUT2D eigenvalue weighted by atomic mass is 16.6. The van der Waals surface area contributed by atoms with Gasteiger partial charge in [0, 0.05) is 38.6 Å². The standard InChI is InChI=1S/C14H22N4O4/c1-2-18-14(22-10-12-8-16-4-6-20-12)13(17-1)21-9-11-7-15-3-5-19-11/h1-2,11-12,15-16H,3-10H2. The zero-order chi connectivity index (χ0) is 15.0. The molecule has 2 aliphatic heterocycles. The molecule has 0 spiro atoms. The highest BCUT2D eigenvalue weighted by Gasteiger charge is 2.18. The molecule has 2 unspecified atom stereocenters. The van der Waals surface area contributed by atoms with Crippen molar-refractivity contribution >= 4 is 0 Å². The monoisotopic (exact) mass is 310 g/mol. The van der Waals surface area contributed by atoms with E-state index in [2.05, 4.69) is 20.6 Å². The van der Waals surface area contributed by atoms with Crippen LogP contribution >= 0.6 is 0 Å². The van der Waals surface area contributed by atoms with Crippen LogP contribution in [0.25, 0.3) is 0 Å². The number of aromatic nitrogens is 2. The fourth-order valence-electron chi connectivity index (χ4n) is 2.31. The molecule has 2 atom stereocenters. The molecule has 3 heterocycles. The van der Waals surface area contributed by atoms with Gasteiger partial charge in [0.05, 0.1) is 13.2 Å². The van der Waals surface area contributed by atoms with Crippen molar-refractivity contribution in [1.82, 2.24) is 20.6 Å². The summed E-state index contributed by atoms with van der Waals surface area (Å²) < 4.78 is 22.6. The van der Waals surface area contributed by atoms with Crippen molar-refractivity contribution in [1.29, 1.82) is 0 Å². The van der Waals surface area contributed by atoms with E-state index in [1.165, 1.54) is 0 Å². The third-order valence-corrected chi connectivity index (χ3v) is 3.45. The van der Waals surface area contributed by atoms with Gasteiger partial charge in [-0.25, -0.2) is 9.97 Å². The van der Waals surface area contributed by atoms with Gasteiger partial charge in [-0.05, 0) is 0 Å². The van der Waals surface area contributed by atoms with E-state index in [4.69, 9.17) is 18.9 Å². The van der Waals surface area contributed by atoms with Crippen LogP contribution < -0.4 is 20.1 Å². The van der Waals surface area contributed by atoms with Crippen LogP contribution in [-0.2, 0) is 9.47 Å². The van der Waals surface area contributed by atoms with E-state index in [1.807, 2.05) is 0 Å². The van der Waals surface area contributed by atoms with Crippen LogP contribution in [-0.4, -0.2) is 74.8 Å². The zero-order valence-electron chi connectivity index (χ0n) is 12.5. The highest BCUT2D eigenvalue weighted by Crippen LogP contribution is 2.21. The Kier molecular flexibility index (Phi) is 5.77. The van der Waals surface area contributed by atoms with E-state index in [0.717, 1.165) is 26.2 Å². The van der Waals surface area contributed by atoms with Crippen LogP contribution in [0.2, 0.25) is 0 Å².